The highest BCUT2D eigenvalue weighted by atomic mass is 32.1. The number of benzene rings is 3. The molecule has 0 aliphatic rings. The standard InChI is InChI=1S/C22H17N3O5S/c1-29-18-11-10-14(22-24-15-6-2-5-9-20(15)31-22)12-16(18)23-21(26)13-30-19-8-4-3-7-17(19)25(27)28/h2-12H,13H2,1H3,(H,23,26). The number of carbonyl (C=O) groups is 1. The second-order valence-corrected chi connectivity index (χ2v) is 7.49. The SMILES string of the molecule is COc1ccc(-c2nc3ccccc3s2)cc1NC(=O)COc1ccccc1[N+](=O)[O-]. The van der Waals surface area contributed by atoms with Crippen molar-refractivity contribution in [3.05, 3.63) is 76.8 Å². The normalized spacial score (nSPS) is 10.6. The molecule has 0 spiro atoms. The van der Waals surface area contributed by atoms with Crippen molar-refractivity contribution >= 4 is 38.8 Å². The molecule has 4 aromatic rings. The summed E-state index contributed by atoms with van der Waals surface area (Å²) < 4.78 is 11.8. The van der Waals surface area contributed by atoms with Gasteiger partial charge in [0.05, 0.1) is 27.9 Å². The maximum Gasteiger partial charge on any atom is 0.310 e. The fraction of sp³-hybridized carbons (Fsp3) is 0.0909. The van der Waals surface area contributed by atoms with E-state index < -0.39 is 10.8 Å². The molecule has 1 aromatic heterocycles. The first-order valence-electron chi connectivity index (χ1n) is 9.25. The van der Waals surface area contributed by atoms with Crippen LogP contribution in [0.3, 0.4) is 0 Å². The van der Waals surface area contributed by atoms with Crippen molar-refractivity contribution in [3.63, 3.8) is 0 Å². The molecule has 0 aliphatic heterocycles. The lowest BCUT2D eigenvalue weighted by Gasteiger charge is -2.12. The smallest absolute Gasteiger partial charge is 0.310 e. The van der Waals surface area contributed by atoms with Gasteiger partial charge in [0.2, 0.25) is 0 Å². The number of nitro benzene ring substituents is 1. The number of aromatic nitrogens is 1. The molecule has 0 fully saturated rings. The highest BCUT2D eigenvalue weighted by Gasteiger charge is 2.16. The summed E-state index contributed by atoms with van der Waals surface area (Å²) >= 11 is 1.55. The minimum atomic E-state index is -0.558. The summed E-state index contributed by atoms with van der Waals surface area (Å²) in [6, 6.07) is 19.1. The number of anilines is 1. The molecule has 8 nitrogen and oxygen atoms in total. The van der Waals surface area contributed by atoms with Gasteiger partial charge in [-0.2, -0.15) is 0 Å². The van der Waals surface area contributed by atoms with Crippen molar-refractivity contribution in [1.29, 1.82) is 0 Å². The van der Waals surface area contributed by atoms with Crippen LogP contribution in [0.4, 0.5) is 11.4 Å². The van der Waals surface area contributed by atoms with Gasteiger partial charge in [-0.05, 0) is 36.4 Å². The number of amides is 1. The Morgan fingerprint density at radius 1 is 1.10 bits per heavy atom. The number of nitrogens with zero attached hydrogens (tertiary/aromatic N) is 2. The van der Waals surface area contributed by atoms with Gasteiger partial charge < -0.3 is 14.8 Å². The average Bonchev–Trinajstić information content (AvgIpc) is 3.22. The third-order valence-corrected chi connectivity index (χ3v) is 5.52. The molecule has 1 amide bonds. The fourth-order valence-corrected chi connectivity index (χ4v) is 3.96. The van der Waals surface area contributed by atoms with Gasteiger partial charge in [-0.1, -0.05) is 24.3 Å². The zero-order valence-electron chi connectivity index (χ0n) is 16.4. The number of nitro groups is 1. The van der Waals surface area contributed by atoms with Gasteiger partial charge in [-0.25, -0.2) is 4.98 Å². The number of rotatable bonds is 7. The van der Waals surface area contributed by atoms with Crippen LogP contribution < -0.4 is 14.8 Å². The van der Waals surface area contributed by atoms with Gasteiger partial charge >= 0.3 is 5.69 Å². The van der Waals surface area contributed by atoms with Crippen molar-refractivity contribution in [3.8, 4) is 22.1 Å². The van der Waals surface area contributed by atoms with E-state index >= 15 is 0 Å². The van der Waals surface area contributed by atoms with E-state index in [1.165, 1.54) is 25.3 Å². The van der Waals surface area contributed by atoms with Crippen LogP contribution in [0.1, 0.15) is 0 Å². The Morgan fingerprint density at radius 3 is 2.65 bits per heavy atom. The molecule has 0 atom stereocenters. The molecular weight excluding hydrogens is 418 g/mol. The van der Waals surface area contributed by atoms with Gasteiger partial charge in [0.25, 0.3) is 5.91 Å². The van der Waals surface area contributed by atoms with Crippen LogP contribution in [0, 0.1) is 10.1 Å². The largest absolute Gasteiger partial charge is 0.495 e. The predicted octanol–water partition coefficient (Wildman–Crippen LogP) is 4.90. The van der Waals surface area contributed by atoms with Crippen LogP contribution in [-0.2, 0) is 4.79 Å². The first kappa shape index (κ1) is 20.3. The molecule has 0 saturated carbocycles. The van der Waals surface area contributed by atoms with E-state index in [1.807, 2.05) is 30.3 Å². The van der Waals surface area contributed by atoms with Gasteiger partial charge in [0, 0.05) is 11.6 Å². The summed E-state index contributed by atoms with van der Waals surface area (Å²) in [5.74, 6) is 0.0274. The summed E-state index contributed by atoms with van der Waals surface area (Å²) in [6.07, 6.45) is 0. The second-order valence-electron chi connectivity index (χ2n) is 6.46. The molecule has 0 radical (unpaired) electrons. The van der Waals surface area contributed by atoms with E-state index in [4.69, 9.17) is 9.47 Å². The Hall–Kier alpha value is -3.98. The Morgan fingerprint density at radius 2 is 1.87 bits per heavy atom. The molecule has 1 heterocycles. The second kappa shape index (κ2) is 8.80. The first-order chi connectivity index (χ1) is 15.0. The number of nitrogens with one attached hydrogen (secondary N) is 1. The van der Waals surface area contributed by atoms with Crippen molar-refractivity contribution in [2.75, 3.05) is 19.0 Å². The Balaban J connectivity index is 1.53. The summed E-state index contributed by atoms with van der Waals surface area (Å²) in [4.78, 5) is 27.6. The minimum absolute atomic E-state index is 0.0258. The van der Waals surface area contributed by atoms with Crippen LogP contribution >= 0.6 is 11.3 Å². The molecule has 156 valence electrons. The minimum Gasteiger partial charge on any atom is -0.495 e. The molecule has 0 unspecified atom stereocenters. The van der Waals surface area contributed by atoms with Crippen LogP contribution in [0.15, 0.2) is 66.7 Å². The molecule has 0 saturated heterocycles. The summed E-state index contributed by atoms with van der Waals surface area (Å²) in [7, 11) is 1.51. The molecule has 1 N–H and O–H groups in total. The van der Waals surface area contributed by atoms with Crippen molar-refractivity contribution in [2.24, 2.45) is 0 Å². The van der Waals surface area contributed by atoms with Crippen LogP contribution in [0.2, 0.25) is 0 Å². The van der Waals surface area contributed by atoms with Crippen molar-refractivity contribution in [2.45, 2.75) is 0 Å². The fourth-order valence-electron chi connectivity index (χ4n) is 2.99. The number of ether oxygens (including phenoxy) is 2. The lowest BCUT2D eigenvalue weighted by molar-refractivity contribution is -0.385. The Kier molecular flexibility index (Phi) is 5.76. The van der Waals surface area contributed by atoms with Crippen LogP contribution in [0.25, 0.3) is 20.8 Å². The third kappa shape index (κ3) is 4.46. The van der Waals surface area contributed by atoms with Crippen LogP contribution in [-0.4, -0.2) is 29.5 Å². The number of methoxy groups -OCH3 is 1. The van der Waals surface area contributed by atoms with Gasteiger partial charge in [0.15, 0.2) is 12.4 Å². The number of hydrogen-bond donors (Lipinski definition) is 1. The first-order valence-corrected chi connectivity index (χ1v) is 10.1. The number of fused-ring (bicyclic) bond motifs is 1. The monoisotopic (exact) mass is 435 g/mol. The Labute approximate surface area is 181 Å². The summed E-state index contributed by atoms with van der Waals surface area (Å²) in [5.41, 5.74) is 1.99. The van der Waals surface area contributed by atoms with Crippen molar-refractivity contribution < 1.29 is 19.2 Å². The van der Waals surface area contributed by atoms with Gasteiger partial charge in [-0.15, -0.1) is 11.3 Å². The molecule has 0 bridgehead atoms. The predicted molar refractivity (Wildman–Crippen MR) is 119 cm³/mol. The third-order valence-electron chi connectivity index (χ3n) is 4.44. The van der Waals surface area contributed by atoms with Gasteiger partial charge in [0.1, 0.15) is 10.8 Å². The topological polar surface area (TPSA) is 104 Å². The lowest BCUT2D eigenvalue weighted by Crippen LogP contribution is -2.20. The molecule has 4 rings (SSSR count). The highest BCUT2D eigenvalue weighted by Crippen LogP contribution is 2.35. The molecular formula is C22H17N3O5S. The number of hydrogen-bond acceptors (Lipinski definition) is 7. The summed E-state index contributed by atoms with van der Waals surface area (Å²) in [5, 5.41) is 14.6. The van der Waals surface area contributed by atoms with E-state index in [1.54, 1.807) is 29.5 Å². The van der Waals surface area contributed by atoms with Gasteiger partial charge in [-0.3, -0.25) is 14.9 Å². The zero-order chi connectivity index (χ0) is 21.8. The molecule has 31 heavy (non-hydrogen) atoms. The van der Waals surface area contributed by atoms with E-state index in [-0.39, 0.29) is 18.0 Å². The number of thiazole rings is 1. The number of para-hydroxylation sites is 3. The quantitative estimate of drug-likeness (QED) is 0.327. The maximum atomic E-state index is 12.4. The van der Waals surface area contributed by atoms with E-state index in [0.717, 1.165) is 20.8 Å². The molecule has 3 aromatic carbocycles. The molecule has 9 heteroatoms. The lowest BCUT2D eigenvalue weighted by atomic mass is 10.2. The zero-order valence-corrected chi connectivity index (χ0v) is 17.2. The average molecular weight is 435 g/mol. The van der Waals surface area contributed by atoms with Crippen molar-refractivity contribution in [1.82, 2.24) is 4.98 Å². The van der Waals surface area contributed by atoms with E-state index in [9.17, 15) is 14.9 Å². The molecule has 0 aliphatic carbocycles. The van der Waals surface area contributed by atoms with Crippen LogP contribution in [0.5, 0.6) is 11.5 Å². The Bertz CT molecular complexity index is 1240. The number of carbonyl (C=O) groups excluding carboxylic acids is 1. The highest BCUT2D eigenvalue weighted by molar-refractivity contribution is 7.21. The van der Waals surface area contributed by atoms with E-state index in [2.05, 4.69) is 10.3 Å². The summed E-state index contributed by atoms with van der Waals surface area (Å²) in [6.45, 7) is -0.390. The van der Waals surface area contributed by atoms with E-state index in [0.29, 0.717) is 11.4 Å². The maximum absolute atomic E-state index is 12.4.